The van der Waals surface area contributed by atoms with Gasteiger partial charge in [-0.25, -0.2) is 21.6 Å². The van der Waals surface area contributed by atoms with Crippen molar-refractivity contribution < 1.29 is 21.6 Å². The van der Waals surface area contributed by atoms with E-state index < -0.39 is 33.7 Å². The van der Waals surface area contributed by atoms with Crippen LogP contribution in [0, 0.1) is 5.82 Å². The lowest BCUT2D eigenvalue weighted by Gasteiger charge is -2.17. The fourth-order valence-electron chi connectivity index (χ4n) is 1.18. The van der Waals surface area contributed by atoms with Crippen LogP contribution in [0.5, 0.6) is 0 Å². The van der Waals surface area contributed by atoms with E-state index in [0.717, 1.165) is 19.2 Å². The van der Waals surface area contributed by atoms with Crippen LogP contribution in [0.15, 0.2) is 23.1 Å². The van der Waals surface area contributed by atoms with E-state index in [0.29, 0.717) is 4.31 Å². The summed E-state index contributed by atoms with van der Waals surface area (Å²) in [6, 6.07) is 2.95. The van der Waals surface area contributed by atoms with Crippen molar-refractivity contribution in [1.29, 1.82) is 0 Å². The first kappa shape index (κ1) is 13.8. The van der Waals surface area contributed by atoms with Gasteiger partial charge in [0.1, 0.15) is 10.7 Å². The molecule has 0 aliphatic carbocycles. The van der Waals surface area contributed by atoms with Crippen molar-refractivity contribution >= 4 is 15.7 Å². The molecule has 0 radical (unpaired) electrons. The first-order chi connectivity index (χ1) is 7.75. The lowest BCUT2D eigenvalue weighted by atomic mass is 10.3. The molecule has 96 valence electrons. The molecule has 0 heterocycles. The van der Waals surface area contributed by atoms with Gasteiger partial charge in [0.15, 0.2) is 0 Å². The van der Waals surface area contributed by atoms with E-state index in [9.17, 15) is 21.6 Å². The van der Waals surface area contributed by atoms with Crippen LogP contribution in [-0.4, -0.2) is 32.7 Å². The zero-order chi connectivity index (χ0) is 13.2. The Hall–Kier alpha value is -1.28. The van der Waals surface area contributed by atoms with Crippen LogP contribution >= 0.6 is 0 Å². The maximum atomic E-state index is 13.3. The highest BCUT2D eigenvalue weighted by Gasteiger charge is 2.26. The summed E-state index contributed by atoms with van der Waals surface area (Å²) in [5.74, 6) is -1.03. The number of alkyl halides is 2. The molecule has 4 nitrogen and oxygen atoms in total. The van der Waals surface area contributed by atoms with Gasteiger partial charge in [0.2, 0.25) is 10.0 Å². The number of hydrogen-bond acceptors (Lipinski definition) is 3. The lowest BCUT2D eigenvalue weighted by Crippen LogP contribution is -2.32. The second-order valence-electron chi connectivity index (χ2n) is 3.37. The predicted octanol–water partition coefficient (Wildman–Crippen LogP) is 1.29. The van der Waals surface area contributed by atoms with Crippen LogP contribution in [0.2, 0.25) is 0 Å². The molecule has 1 rings (SSSR count). The van der Waals surface area contributed by atoms with Gasteiger partial charge in [0.05, 0.1) is 6.54 Å². The smallest absolute Gasteiger partial charge is 0.252 e. The fraction of sp³-hybridized carbons (Fsp3) is 0.333. The normalized spacial score (nSPS) is 12.4. The summed E-state index contributed by atoms with van der Waals surface area (Å²) in [6.07, 6.45) is -2.83. The summed E-state index contributed by atoms with van der Waals surface area (Å²) in [7, 11) is -3.34. The number of hydrogen-bond donors (Lipinski definition) is 1. The SMILES string of the molecule is CN(CC(F)F)S(=O)(=O)c1cc(N)ccc1F. The first-order valence-corrected chi connectivity index (χ1v) is 5.98. The second kappa shape index (κ2) is 4.92. The van der Waals surface area contributed by atoms with Crippen molar-refractivity contribution in [1.82, 2.24) is 4.31 Å². The van der Waals surface area contributed by atoms with E-state index >= 15 is 0 Å². The average molecular weight is 268 g/mol. The molecule has 0 amide bonds. The summed E-state index contributed by atoms with van der Waals surface area (Å²) in [5.41, 5.74) is 5.37. The van der Waals surface area contributed by atoms with E-state index in [4.69, 9.17) is 5.73 Å². The first-order valence-electron chi connectivity index (χ1n) is 4.54. The highest BCUT2D eigenvalue weighted by atomic mass is 32.2. The zero-order valence-electron chi connectivity index (χ0n) is 8.90. The molecule has 1 aromatic rings. The minimum Gasteiger partial charge on any atom is -0.399 e. The maximum absolute atomic E-state index is 13.3. The van der Waals surface area contributed by atoms with Crippen LogP contribution in [0.4, 0.5) is 18.9 Å². The van der Waals surface area contributed by atoms with Gasteiger partial charge < -0.3 is 5.73 Å². The van der Waals surface area contributed by atoms with Gasteiger partial charge in [-0.1, -0.05) is 0 Å². The largest absolute Gasteiger partial charge is 0.399 e. The average Bonchev–Trinajstić information content (AvgIpc) is 2.20. The van der Waals surface area contributed by atoms with Crippen molar-refractivity contribution in [2.75, 3.05) is 19.3 Å². The van der Waals surface area contributed by atoms with Gasteiger partial charge in [-0.3, -0.25) is 0 Å². The Balaban J connectivity index is 3.17. The van der Waals surface area contributed by atoms with Crippen molar-refractivity contribution in [3.05, 3.63) is 24.0 Å². The third kappa shape index (κ3) is 3.10. The number of nitrogens with two attached hydrogens (primary N) is 1. The molecule has 1 aromatic carbocycles. The Labute approximate surface area is 96.9 Å². The zero-order valence-corrected chi connectivity index (χ0v) is 9.72. The molecule has 0 fully saturated rings. The molecule has 0 aliphatic rings. The number of rotatable bonds is 4. The van der Waals surface area contributed by atoms with Crippen LogP contribution in [-0.2, 0) is 10.0 Å². The van der Waals surface area contributed by atoms with E-state index in [1.165, 1.54) is 6.07 Å². The summed E-state index contributed by atoms with van der Waals surface area (Å²) < 4.78 is 61.3. The van der Waals surface area contributed by atoms with Gasteiger partial charge >= 0.3 is 0 Å². The number of benzene rings is 1. The third-order valence-corrected chi connectivity index (χ3v) is 3.88. The quantitative estimate of drug-likeness (QED) is 0.837. The van der Waals surface area contributed by atoms with Gasteiger partial charge in [-0.2, -0.15) is 4.31 Å². The fourth-order valence-corrected chi connectivity index (χ4v) is 2.42. The van der Waals surface area contributed by atoms with Crippen LogP contribution in [0.3, 0.4) is 0 Å². The highest BCUT2D eigenvalue weighted by molar-refractivity contribution is 7.89. The molecule has 0 saturated carbocycles. The molecule has 0 atom stereocenters. The van der Waals surface area contributed by atoms with Crippen molar-refractivity contribution in [2.45, 2.75) is 11.3 Å². The van der Waals surface area contributed by atoms with E-state index in [1.54, 1.807) is 0 Å². The number of nitrogen functional groups attached to an aromatic ring is 1. The Bertz CT molecular complexity index is 505. The Morgan fingerprint density at radius 2 is 2.00 bits per heavy atom. The van der Waals surface area contributed by atoms with Gasteiger partial charge in [0, 0.05) is 12.7 Å². The Morgan fingerprint density at radius 1 is 1.41 bits per heavy atom. The van der Waals surface area contributed by atoms with Crippen molar-refractivity contribution in [2.24, 2.45) is 0 Å². The molecule has 0 saturated heterocycles. The van der Waals surface area contributed by atoms with E-state index in [1.807, 2.05) is 0 Å². The molecule has 17 heavy (non-hydrogen) atoms. The number of halogens is 3. The van der Waals surface area contributed by atoms with Gasteiger partial charge in [0.25, 0.3) is 6.43 Å². The molecule has 0 spiro atoms. The summed E-state index contributed by atoms with van der Waals surface area (Å²) >= 11 is 0. The lowest BCUT2D eigenvalue weighted by molar-refractivity contribution is 0.126. The van der Waals surface area contributed by atoms with E-state index in [-0.39, 0.29) is 5.69 Å². The Kier molecular flexibility index (Phi) is 3.99. The minimum atomic E-state index is -4.29. The summed E-state index contributed by atoms with van der Waals surface area (Å²) in [6.45, 7) is -1.00. The van der Waals surface area contributed by atoms with Crippen LogP contribution in [0.1, 0.15) is 0 Å². The molecule has 0 bridgehead atoms. The molecule has 0 aliphatic heterocycles. The molecular weight excluding hydrogens is 257 g/mol. The minimum absolute atomic E-state index is 0.0374. The number of sulfonamides is 1. The van der Waals surface area contributed by atoms with Crippen LogP contribution < -0.4 is 5.73 Å². The van der Waals surface area contributed by atoms with Crippen molar-refractivity contribution in [3.63, 3.8) is 0 Å². The monoisotopic (exact) mass is 268 g/mol. The van der Waals surface area contributed by atoms with Gasteiger partial charge in [-0.15, -0.1) is 0 Å². The Morgan fingerprint density at radius 3 is 2.53 bits per heavy atom. The summed E-state index contributed by atoms with van der Waals surface area (Å²) in [5, 5.41) is 0. The number of nitrogens with zero attached hydrogens (tertiary/aromatic N) is 1. The summed E-state index contributed by atoms with van der Waals surface area (Å²) in [4.78, 5) is -0.708. The van der Waals surface area contributed by atoms with Crippen LogP contribution in [0.25, 0.3) is 0 Å². The predicted molar refractivity (Wildman–Crippen MR) is 56.6 cm³/mol. The molecule has 0 aromatic heterocycles. The highest BCUT2D eigenvalue weighted by Crippen LogP contribution is 2.21. The van der Waals surface area contributed by atoms with Gasteiger partial charge in [-0.05, 0) is 18.2 Å². The molecule has 8 heteroatoms. The van der Waals surface area contributed by atoms with Crippen molar-refractivity contribution in [3.8, 4) is 0 Å². The molecule has 0 unspecified atom stereocenters. The van der Waals surface area contributed by atoms with E-state index in [2.05, 4.69) is 0 Å². The molecule has 2 N–H and O–H groups in total. The maximum Gasteiger partial charge on any atom is 0.252 e. The number of anilines is 1. The molecular formula is C9H11F3N2O2S. The standard InChI is InChI=1S/C9H11F3N2O2S/c1-14(5-9(11)12)17(15,16)8-4-6(13)2-3-7(8)10/h2-4,9H,5,13H2,1H3. The topological polar surface area (TPSA) is 63.4 Å². The second-order valence-corrected chi connectivity index (χ2v) is 5.38. The third-order valence-electron chi connectivity index (χ3n) is 2.04.